The molecule has 2 atom stereocenters. The highest BCUT2D eigenvalue weighted by molar-refractivity contribution is 6.15. The molecule has 20 aromatic carbocycles. The van der Waals surface area contributed by atoms with Gasteiger partial charge in [-0.3, -0.25) is 0 Å². The Kier molecular flexibility index (Phi) is 11.5. The van der Waals surface area contributed by atoms with Crippen LogP contribution in [-0.2, 0) is 5.41 Å². The molecule has 8 nitrogen and oxygen atoms in total. The quantitative estimate of drug-likeness (QED) is 0.134. The molecule has 28 rings (SSSR count). The van der Waals surface area contributed by atoms with Crippen molar-refractivity contribution in [2.45, 2.75) is 52.9 Å². The van der Waals surface area contributed by atoms with Crippen LogP contribution in [0.4, 0.5) is 11.4 Å². The van der Waals surface area contributed by atoms with Gasteiger partial charge in [0.15, 0.2) is 0 Å². The van der Waals surface area contributed by atoms with Crippen LogP contribution in [0, 0.1) is 5.41 Å². The van der Waals surface area contributed by atoms with E-state index >= 15 is 0 Å². The van der Waals surface area contributed by atoms with Gasteiger partial charge in [0.2, 0.25) is 0 Å². The van der Waals surface area contributed by atoms with Crippen LogP contribution >= 0.6 is 0 Å². The zero-order valence-electron chi connectivity index (χ0n) is 125. The molecule has 27 aromatic rings. The van der Waals surface area contributed by atoms with E-state index in [2.05, 4.69) is 155 Å². The maximum Gasteiger partial charge on any atom is 0.0826 e. The highest BCUT2D eigenvalue weighted by Crippen LogP contribution is 2.50. The highest BCUT2D eigenvalue weighted by atomic mass is 15.2. The number of benzene rings is 20. The second-order valence-corrected chi connectivity index (χ2v) is 35.4. The fourth-order valence-corrected chi connectivity index (χ4v) is 18.9. The number of nitrogens with zero attached hydrogens (tertiary/aromatic N) is 8. The topological polar surface area (TPSA) is 37.8 Å². The van der Waals surface area contributed by atoms with Crippen LogP contribution in [0.2, 0.25) is 0 Å². The van der Waals surface area contributed by atoms with Crippen molar-refractivity contribution in [1.82, 2.24) is 32.0 Å². The van der Waals surface area contributed by atoms with Gasteiger partial charge in [0, 0.05) is 140 Å². The second-order valence-electron chi connectivity index (χ2n) is 35.4. The van der Waals surface area contributed by atoms with E-state index in [0.717, 1.165) is 18.6 Å². The zero-order chi connectivity index (χ0) is 137. The van der Waals surface area contributed by atoms with E-state index in [0.29, 0.717) is 22.5 Å². The molecule has 7 aromatic heterocycles. The molecule has 0 aliphatic carbocycles. The molecule has 0 saturated carbocycles. The number of hydrogen-bond acceptors (Lipinski definition) is 1. The SMILES string of the molecule is [2H]c1c([2H])c(-n2c3c([2H])c([2H])c([2H])c([2H])c3c3c([2H])c([2H])c([2H])c([2H])c32)c([2H])c(-n2c3c([2H])c([2H])c([2H])c([2H])c3c3c([2H])c([2H])c([2H])c([2H])c32)c1[2H].[2H]c1c([2H])c([2H])c2c(c1[2H])C(C(C)(C)C)C([2H])N2c1c([2H])c([2H])c([2H])c(-n2c([2H])c(C(C)(C)C)c3c([2H])c([2H])c([2H])c([2H])c32)c1[2H].[2H]c1c([2H])c([2H])c2c(c1[2H])c1c([2H])c([2H])c([2H])c([2H])c1n2-c1cccc(-c2cccc(-n3c4c([2H])c([2H])c([2H])c([2H])c4c4c([2H])c([2H])c([2H])c([2H])c43)c2)c1.c1cc(-c2cccc(-n3c4ccccc4c4ccccc43)c2)cc(-n2c3ccccc3c3ccccc32)c1. The van der Waals surface area contributed by atoms with Gasteiger partial charge in [-0.2, -0.15) is 0 Å². The van der Waals surface area contributed by atoms with E-state index in [1.165, 1.54) is 75.2 Å². The normalized spacial score (nSPS) is 18.3. The van der Waals surface area contributed by atoms with Crippen LogP contribution in [0.15, 0.2) is 490 Å². The summed E-state index contributed by atoms with van der Waals surface area (Å²) >= 11 is 0. The molecule has 8 heteroatoms. The summed E-state index contributed by atoms with van der Waals surface area (Å²) in [6.07, 6.45) is -0.335. The fourth-order valence-electron chi connectivity index (χ4n) is 18.9. The number of hydrogen-bond donors (Lipinski definition) is 0. The van der Waals surface area contributed by atoms with Gasteiger partial charge in [-0.1, -0.05) is 356 Å². The number of aromatic nitrogens is 7. The molecule has 0 spiro atoms. The van der Waals surface area contributed by atoms with Crippen molar-refractivity contribution in [3.05, 3.63) is 501 Å². The molecule has 0 amide bonds. The van der Waals surface area contributed by atoms with Crippen molar-refractivity contribution in [3.8, 4) is 62.1 Å². The Morgan fingerprint density at radius 3 is 0.821 bits per heavy atom. The molecule has 1 aliphatic heterocycles. The van der Waals surface area contributed by atoms with Gasteiger partial charge in [0.05, 0.1) is 140 Å². The summed E-state index contributed by atoms with van der Waals surface area (Å²) in [7, 11) is 0. The molecule has 1 aliphatic rings. The van der Waals surface area contributed by atoms with Crippen molar-refractivity contribution in [2.24, 2.45) is 5.41 Å². The van der Waals surface area contributed by atoms with Crippen LogP contribution in [-0.4, -0.2) is 38.5 Å². The summed E-state index contributed by atoms with van der Waals surface area (Å²) < 4.78 is 443. The summed E-state index contributed by atoms with van der Waals surface area (Å²) in [6, 6.07) is 35.7. The van der Waals surface area contributed by atoms with Crippen molar-refractivity contribution < 1.29 is 68.5 Å². The summed E-state index contributed by atoms with van der Waals surface area (Å²) in [5, 5.41) is 3.33. The first-order valence-electron chi connectivity index (χ1n) is 69.7. The van der Waals surface area contributed by atoms with Gasteiger partial charge >= 0.3 is 0 Å². The average Bonchev–Trinajstić information content (AvgIpc) is 1.52. The third kappa shape index (κ3) is 14.5. The zero-order valence-corrected chi connectivity index (χ0v) is 75.2. The van der Waals surface area contributed by atoms with Crippen LogP contribution < -0.4 is 4.90 Å². The minimum atomic E-state index is -1.37. The second kappa shape index (κ2) is 34.4. The van der Waals surface area contributed by atoms with Crippen molar-refractivity contribution in [1.29, 1.82) is 0 Å². The smallest absolute Gasteiger partial charge is 0.0826 e. The minimum Gasteiger partial charge on any atom is -0.341 e. The van der Waals surface area contributed by atoms with E-state index in [4.69, 9.17) is 63.1 Å². The maximum absolute atomic E-state index is 9.53. The monoisotopic (exact) mass is 1850 g/mol. The fraction of sp³-hybridized carbons (Fsp3) is 0.0758. The number of para-hydroxylation sites is 14. The molecule has 0 N–H and O–H groups in total. The first kappa shape index (κ1) is 46.9. The molecular formula is C132H102N8. The highest BCUT2D eigenvalue weighted by Gasteiger charge is 2.37. The molecule has 0 bridgehead atoms. The average molecular weight is 1850 g/mol. The van der Waals surface area contributed by atoms with Gasteiger partial charge in [-0.25, -0.2) is 0 Å². The largest absolute Gasteiger partial charge is 0.341 e. The molecule has 0 saturated heterocycles. The Hall–Kier alpha value is -17.5. The number of rotatable bonds is 10. The lowest BCUT2D eigenvalue weighted by Crippen LogP contribution is -2.24. The van der Waals surface area contributed by atoms with E-state index < -0.39 is 368 Å². The van der Waals surface area contributed by atoms with Gasteiger partial charge in [-0.05, 0) is 214 Å². The van der Waals surface area contributed by atoms with E-state index in [1.807, 2.05) is 20.8 Å². The van der Waals surface area contributed by atoms with Crippen molar-refractivity contribution in [3.63, 3.8) is 0 Å². The van der Waals surface area contributed by atoms with Gasteiger partial charge in [0.1, 0.15) is 0 Å². The molecule has 0 fully saturated rings. The lowest BCUT2D eigenvalue weighted by molar-refractivity contribution is 0.335. The molecule has 2 unspecified atom stereocenters. The standard InChI is InChI=1S/2C36H24N2.C30H20N2.C30H34N2/c2*1-5-19-33-29(15-1)30-16-2-6-20-34(30)37(33)27-13-9-11-25(23-27)26-12-10-14-28(24-26)38-35-21-7-3-17-31(35)32-18-4-8-22-36(32)38;1-5-16-27-23(12-1)24-13-2-6-17-28(24)31(27)21-10-9-11-22(20-21)32-29-18-7-3-14-25(29)26-15-4-8-19-30(26)32;1-29(2,3)25-19-31(27-16-9-7-14-23(25)27)21-12-11-13-22(18-21)32-20-26(30(4,5)6)24-15-8-10-17-28(24)32/h2*1-24H;1-20H;7-19,26H,20H2,1-6H3/i1D,2D,3D,4D,5D,6D,7D,8D,15D,16D,17D,18D,19D,20D,21D,22D;;1D,2D,3D,4D,5D,6D,7D,8D,9D,10D,11D,12D,13D,14D,15D,16D,17D,18D,19D,20D;7D,8D,9D,10D,11D,12D,13D,14D,15D,16D,17D,18D,19D,20D. The van der Waals surface area contributed by atoms with Crippen molar-refractivity contribution in [2.75, 3.05) is 11.4 Å². The summed E-state index contributed by atoms with van der Waals surface area (Å²) in [5.41, 5.74) is 5.47. The van der Waals surface area contributed by atoms with E-state index in [1.54, 1.807) is 69.3 Å². The third-order valence-electron chi connectivity index (χ3n) is 25.1. The van der Waals surface area contributed by atoms with E-state index in [9.17, 15) is 5.48 Å². The Balaban J connectivity index is 0.000000124. The predicted molar refractivity (Wildman–Crippen MR) is 594 cm³/mol. The van der Waals surface area contributed by atoms with Gasteiger partial charge < -0.3 is 36.9 Å². The van der Waals surface area contributed by atoms with E-state index in [-0.39, 0.29) is 89.2 Å². The molecule has 670 valence electrons. The lowest BCUT2D eigenvalue weighted by Gasteiger charge is -2.28. The molecule has 140 heavy (non-hydrogen) atoms. The number of anilines is 2. The van der Waals surface area contributed by atoms with Crippen molar-refractivity contribution >= 4 is 153 Å². The molecular weight excluding hydrogens is 1700 g/mol. The minimum absolute atomic E-state index is 0.0251. The predicted octanol–water partition coefficient (Wildman–Crippen LogP) is 35.2. The van der Waals surface area contributed by atoms with Gasteiger partial charge in [0.25, 0.3) is 0 Å². The maximum atomic E-state index is 9.53. The van der Waals surface area contributed by atoms with Gasteiger partial charge in [-0.15, -0.1) is 0 Å². The first-order chi connectivity index (χ1) is 89.6. The Morgan fingerprint density at radius 2 is 0.493 bits per heavy atom. The molecule has 0 radical (unpaired) electrons. The molecule has 8 heterocycles. The number of fused-ring (bicyclic) bond motifs is 20. The van der Waals surface area contributed by atoms with Crippen LogP contribution in [0.1, 0.15) is 127 Å². The first-order valence-corrected chi connectivity index (χ1v) is 44.7. The Morgan fingerprint density at radius 1 is 0.229 bits per heavy atom. The van der Waals surface area contributed by atoms with Crippen LogP contribution in [0.3, 0.4) is 0 Å². The van der Waals surface area contributed by atoms with Crippen LogP contribution in [0.5, 0.6) is 0 Å². The summed E-state index contributed by atoms with van der Waals surface area (Å²) in [5.74, 6) is -0.824. The summed E-state index contributed by atoms with van der Waals surface area (Å²) in [6.45, 7) is 9.33. The Bertz CT molecular complexity index is 11800. The third-order valence-corrected chi connectivity index (χ3v) is 25.1. The Labute approximate surface area is 884 Å². The lowest BCUT2D eigenvalue weighted by atomic mass is 9.78. The summed E-state index contributed by atoms with van der Waals surface area (Å²) in [4.78, 5) is 1.14. The van der Waals surface area contributed by atoms with Crippen LogP contribution in [0.25, 0.3) is 204 Å².